The van der Waals surface area contributed by atoms with Crippen molar-refractivity contribution in [2.24, 2.45) is 0 Å². The standard InChI is InChI=1S/C18H30FN3/c1-5-14(2)20-13-15-6-7-17(19)18(12-15)22(4)16-8-10-21(3)11-9-16/h6-7,12,14,16,20H,5,8-11,13H2,1-4H3. The summed E-state index contributed by atoms with van der Waals surface area (Å²) in [4.78, 5) is 4.47. The van der Waals surface area contributed by atoms with E-state index in [0.29, 0.717) is 12.1 Å². The molecule has 1 fully saturated rings. The number of nitrogens with zero attached hydrogens (tertiary/aromatic N) is 2. The molecule has 0 saturated carbocycles. The Balaban J connectivity index is 2.05. The summed E-state index contributed by atoms with van der Waals surface area (Å²) in [6, 6.07) is 6.41. The van der Waals surface area contributed by atoms with Gasteiger partial charge in [-0.25, -0.2) is 4.39 Å². The van der Waals surface area contributed by atoms with E-state index in [-0.39, 0.29) is 5.82 Å². The smallest absolute Gasteiger partial charge is 0.146 e. The fraction of sp³-hybridized carbons (Fsp3) is 0.667. The van der Waals surface area contributed by atoms with Crippen LogP contribution in [-0.4, -0.2) is 44.2 Å². The van der Waals surface area contributed by atoms with Crippen molar-refractivity contribution < 1.29 is 4.39 Å². The lowest BCUT2D eigenvalue weighted by Gasteiger charge is -2.36. The predicted molar refractivity (Wildman–Crippen MR) is 91.9 cm³/mol. The maximum absolute atomic E-state index is 14.2. The van der Waals surface area contributed by atoms with Crippen molar-refractivity contribution >= 4 is 5.69 Å². The zero-order valence-corrected chi connectivity index (χ0v) is 14.4. The molecule has 0 spiro atoms. The third-order valence-corrected chi connectivity index (χ3v) is 4.89. The first kappa shape index (κ1) is 17.2. The van der Waals surface area contributed by atoms with E-state index in [0.717, 1.165) is 50.1 Å². The molecule has 1 aromatic rings. The number of benzene rings is 1. The molecule has 22 heavy (non-hydrogen) atoms. The summed E-state index contributed by atoms with van der Waals surface area (Å²) in [5.41, 5.74) is 1.88. The summed E-state index contributed by atoms with van der Waals surface area (Å²) in [6.07, 6.45) is 3.30. The number of hydrogen-bond acceptors (Lipinski definition) is 3. The first-order valence-corrected chi connectivity index (χ1v) is 8.44. The Morgan fingerprint density at radius 2 is 2.05 bits per heavy atom. The lowest BCUT2D eigenvalue weighted by Crippen LogP contribution is -2.42. The number of rotatable bonds is 6. The summed E-state index contributed by atoms with van der Waals surface area (Å²) in [6.45, 7) is 7.32. The summed E-state index contributed by atoms with van der Waals surface area (Å²) >= 11 is 0. The topological polar surface area (TPSA) is 18.5 Å². The summed E-state index contributed by atoms with van der Waals surface area (Å²) in [5, 5.41) is 3.47. The van der Waals surface area contributed by atoms with Gasteiger partial charge in [-0.15, -0.1) is 0 Å². The van der Waals surface area contributed by atoms with E-state index in [1.165, 1.54) is 0 Å². The Labute approximate surface area is 134 Å². The van der Waals surface area contributed by atoms with Gasteiger partial charge in [-0.05, 0) is 64.0 Å². The zero-order valence-electron chi connectivity index (χ0n) is 14.4. The largest absolute Gasteiger partial charge is 0.369 e. The number of hydrogen-bond donors (Lipinski definition) is 1. The quantitative estimate of drug-likeness (QED) is 0.870. The van der Waals surface area contributed by atoms with Gasteiger partial charge in [0.25, 0.3) is 0 Å². The number of nitrogens with one attached hydrogen (secondary N) is 1. The maximum Gasteiger partial charge on any atom is 0.146 e. The van der Waals surface area contributed by atoms with E-state index in [4.69, 9.17) is 0 Å². The lowest BCUT2D eigenvalue weighted by atomic mass is 10.0. The van der Waals surface area contributed by atoms with Crippen LogP contribution < -0.4 is 10.2 Å². The number of piperidine rings is 1. The SMILES string of the molecule is CCC(C)NCc1ccc(F)c(N(C)C2CCN(C)CC2)c1. The van der Waals surface area contributed by atoms with Crippen LogP contribution in [0.2, 0.25) is 0 Å². The van der Waals surface area contributed by atoms with Crippen LogP contribution in [-0.2, 0) is 6.54 Å². The summed E-state index contributed by atoms with van der Waals surface area (Å²) < 4.78 is 14.2. The minimum Gasteiger partial charge on any atom is -0.369 e. The van der Waals surface area contributed by atoms with Crippen molar-refractivity contribution in [3.63, 3.8) is 0 Å². The molecule has 0 bridgehead atoms. The van der Waals surface area contributed by atoms with Crippen LogP contribution in [0.1, 0.15) is 38.7 Å². The molecule has 0 radical (unpaired) electrons. The van der Waals surface area contributed by atoms with Crippen molar-refractivity contribution in [1.29, 1.82) is 0 Å². The minimum atomic E-state index is -0.117. The molecule has 1 atom stereocenters. The maximum atomic E-state index is 14.2. The van der Waals surface area contributed by atoms with Crippen molar-refractivity contribution in [3.05, 3.63) is 29.6 Å². The average Bonchev–Trinajstić information content (AvgIpc) is 2.53. The van der Waals surface area contributed by atoms with Crippen LogP contribution in [0, 0.1) is 5.82 Å². The van der Waals surface area contributed by atoms with Crippen LogP contribution in [0.25, 0.3) is 0 Å². The Morgan fingerprint density at radius 1 is 1.36 bits per heavy atom. The highest BCUT2D eigenvalue weighted by atomic mass is 19.1. The third-order valence-electron chi connectivity index (χ3n) is 4.89. The van der Waals surface area contributed by atoms with E-state index in [2.05, 4.69) is 36.0 Å². The van der Waals surface area contributed by atoms with Gasteiger partial charge in [0.05, 0.1) is 5.69 Å². The van der Waals surface area contributed by atoms with Crippen molar-refractivity contribution in [1.82, 2.24) is 10.2 Å². The second-order valence-electron chi connectivity index (χ2n) is 6.62. The van der Waals surface area contributed by atoms with Crippen molar-refractivity contribution in [2.75, 3.05) is 32.1 Å². The molecular weight excluding hydrogens is 277 g/mol. The van der Waals surface area contributed by atoms with Gasteiger partial charge in [-0.2, -0.15) is 0 Å². The van der Waals surface area contributed by atoms with Crippen LogP contribution in [0.4, 0.5) is 10.1 Å². The normalized spacial score (nSPS) is 18.4. The number of halogens is 1. The van der Waals surface area contributed by atoms with Gasteiger partial charge in [0.1, 0.15) is 5.82 Å². The number of likely N-dealkylation sites (tertiary alicyclic amines) is 1. The first-order valence-electron chi connectivity index (χ1n) is 8.44. The average molecular weight is 307 g/mol. The van der Waals surface area contributed by atoms with E-state index < -0.39 is 0 Å². The molecular formula is C18H30FN3. The molecule has 2 rings (SSSR count). The number of anilines is 1. The van der Waals surface area contributed by atoms with Gasteiger partial charge in [-0.1, -0.05) is 13.0 Å². The Kier molecular flexibility index (Phi) is 6.21. The molecule has 1 heterocycles. The van der Waals surface area contributed by atoms with E-state index in [1.54, 1.807) is 6.07 Å². The fourth-order valence-electron chi connectivity index (χ4n) is 2.95. The molecule has 1 N–H and O–H groups in total. The highest BCUT2D eigenvalue weighted by molar-refractivity contribution is 5.50. The second kappa shape index (κ2) is 7.93. The highest BCUT2D eigenvalue weighted by Crippen LogP contribution is 2.25. The van der Waals surface area contributed by atoms with E-state index in [9.17, 15) is 4.39 Å². The predicted octanol–water partition coefficient (Wildman–Crippen LogP) is 3.24. The van der Waals surface area contributed by atoms with Crippen molar-refractivity contribution in [2.45, 2.75) is 51.7 Å². The van der Waals surface area contributed by atoms with Gasteiger partial charge >= 0.3 is 0 Å². The minimum absolute atomic E-state index is 0.117. The second-order valence-corrected chi connectivity index (χ2v) is 6.62. The monoisotopic (exact) mass is 307 g/mol. The molecule has 1 aliphatic rings. The van der Waals surface area contributed by atoms with Gasteiger partial charge in [-0.3, -0.25) is 0 Å². The van der Waals surface area contributed by atoms with Crippen LogP contribution in [0.5, 0.6) is 0 Å². The molecule has 124 valence electrons. The molecule has 3 nitrogen and oxygen atoms in total. The first-order chi connectivity index (χ1) is 10.5. The molecule has 0 amide bonds. The molecule has 1 unspecified atom stereocenters. The van der Waals surface area contributed by atoms with Gasteiger partial charge < -0.3 is 15.1 Å². The molecule has 1 aliphatic heterocycles. The molecule has 0 aliphatic carbocycles. The van der Waals surface area contributed by atoms with Gasteiger partial charge in [0.15, 0.2) is 0 Å². The van der Waals surface area contributed by atoms with Crippen molar-refractivity contribution in [3.8, 4) is 0 Å². The Bertz CT molecular complexity index is 469. The molecule has 1 aromatic carbocycles. The summed E-state index contributed by atoms with van der Waals surface area (Å²) in [7, 11) is 4.18. The highest BCUT2D eigenvalue weighted by Gasteiger charge is 2.22. The third kappa shape index (κ3) is 4.43. The zero-order chi connectivity index (χ0) is 16.1. The molecule has 0 aromatic heterocycles. The van der Waals surface area contributed by atoms with Crippen LogP contribution in [0.15, 0.2) is 18.2 Å². The molecule has 4 heteroatoms. The molecule has 1 saturated heterocycles. The fourth-order valence-corrected chi connectivity index (χ4v) is 2.95. The van der Waals surface area contributed by atoms with Gasteiger partial charge in [0.2, 0.25) is 0 Å². The Morgan fingerprint density at radius 3 is 2.68 bits per heavy atom. The summed E-state index contributed by atoms with van der Waals surface area (Å²) in [5.74, 6) is -0.117. The van der Waals surface area contributed by atoms with E-state index >= 15 is 0 Å². The van der Waals surface area contributed by atoms with Crippen LogP contribution in [0.3, 0.4) is 0 Å². The lowest BCUT2D eigenvalue weighted by molar-refractivity contribution is 0.252. The van der Waals surface area contributed by atoms with E-state index in [1.807, 2.05) is 19.2 Å². The van der Waals surface area contributed by atoms with Gasteiger partial charge in [0, 0.05) is 25.7 Å². The Hall–Kier alpha value is -1.13. The van der Waals surface area contributed by atoms with Crippen LogP contribution >= 0.6 is 0 Å².